The largest absolute Gasteiger partial charge is 0.493 e. The SMILES string of the molecule is COc1cc(-c2nnc(-c3cccc(-c4c5ccccc5cc5ccccc45)c3)o2)cc(OC)c1OC. The highest BCUT2D eigenvalue weighted by atomic mass is 16.5. The van der Waals surface area contributed by atoms with Crippen molar-refractivity contribution in [2.75, 3.05) is 21.3 Å². The van der Waals surface area contributed by atoms with Crippen LogP contribution in [0.3, 0.4) is 0 Å². The Balaban J connectivity index is 1.46. The molecule has 0 unspecified atom stereocenters. The third kappa shape index (κ3) is 3.93. The fourth-order valence-electron chi connectivity index (χ4n) is 4.79. The van der Waals surface area contributed by atoms with Gasteiger partial charge in [-0.3, -0.25) is 0 Å². The molecule has 1 heterocycles. The molecule has 6 aromatic rings. The van der Waals surface area contributed by atoms with Gasteiger partial charge in [0, 0.05) is 11.1 Å². The van der Waals surface area contributed by atoms with Crippen LogP contribution in [0.25, 0.3) is 55.6 Å². The van der Waals surface area contributed by atoms with Gasteiger partial charge in [-0.2, -0.15) is 0 Å². The third-order valence-electron chi connectivity index (χ3n) is 6.51. The summed E-state index contributed by atoms with van der Waals surface area (Å²) in [6.07, 6.45) is 0. The molecule has 6 rings (SSSR count). The fraction of sp³-hybridized carbons (Fsp3) is 0.0968. The number of benzene rings is 5. The van der Waals surface area contributed by atoms with Gasteiger partial charge in [-0.05, 0) is 63.0 Å². The van der Waals surface area contributed by atoms with Crippen LogP contribution in [0.15, 0.2) is 95.4 Å². The van der Waals surface area contributed by atoms with Crippen LogP contribution in [0.4, 0.5) is 0 Å². The highest BCUT2D eigenvalue weighted by molar-refractivity contribution is 6.12. The molecule has 0 aliphatic heterocycles. The van der Waals surface area contributed by atoms with Gasteiger partial charge in [0.1, 0.15) is 0 Å². The van der Waals surface area contributed by atoms with E-state index in [1.165, 1.54) is 27.1 Å². The van der Waals surface area contributed by atoms with Gasteiger partial charge in [0.25, 0.3) is 0 Å². The monoisotopic (exact) mass is 488 g/mol. The zero-order valence-electron chi connectivity index (χ0n) is 20.7. The molecule has 0 saturated heterocycles. The second-order valence-corrected chi connectivity index (χ2v) is 8.60. The minimum atomic E-state index is 0.357. The van der Waals surface area contributed by atoms with Gasteiger partial charge in [0.2, 0.25) is 17.5 Å². The summed E-state index contributed by atoms with van der Waals surface area (Å²) in [5.41, 5.74) is 3.77. The highest BCUT2D eigenvalue weighted by Crippen LogP contribution is 2.42. The average molecular weight is 489 g/mol. The summed E-state index contributed by atoms with van der Waals surface area (Å²) in [5.74, 6) is 2.32. The molecule has 0 N–H and O–H groups in total. The van der Waals surface area contributed by atoms with E-state index in [1.807, 2.05) is 12.1 Å². The number of ether oxygens (including phenoxy) is 3. The highest BCUT2D eigenvalue weighted by Gasteiger charge is 2.19. The van der Waals surface area contributed by atoms with Gasteiger partial charge >= 0.3 is 0 Å². The first-order chi connectivity index (χ1) is 18.2. The summed E-state index contributed by atoms with van der Waals surface area (Å²) < 4.78 is 22.5. The second kappa shape index (κ2) is 9.32. The summed E-state index contributed by atoms with van der Waals surface area (Å²) in [7, 11) is 4.71. The van der Waals surface area contributed by atoms with E-state index in [0.29, 0.717) is 34.6 Å². The lowest BCUT2D eigenvalue weighted by Crippen LogP contribution is -1.95. The lowest BCUT2D eigenvalue weighted by atomic mass is 9.91. The molecule has 0 amide bonds. The smallest absolute Gasteiger partial charge is 0.248 e. The molecule has 0 fully saturated rings. The fourth-order valence-corrected chi connectivity index (χ4v) is 4.79. The van der Waals surface area contributed by atoms with E-state index in [-0.39, 0.29) is 0 Å². The molecule has 0 aliphatic carbocycles. The van der Waals surface area contributed by atoms with Crippen molar-refractivity contribution in [2.24, 2.45) is 0 Å². The van der Waals surface area contributed by atoms with Crippen molar-refractivity contribution < 1.29 is 18.6 Å². The molecule has 0 saturated carbocycles. The van der Waals surface area contributed by atoms with Crippen LogP contribution in [-0.2, 0) is 0 Å². The van der Waals surface area contributed by atoms with Gasteiger partial charge in [0.05, 0.1) is 21.3 Å². The van der Waals surface area contributed by atoms with Crippen LogP contribution in [0.5, 0.6) is 17.2 Å². The van der Waals surface area contributed by atoms with Crippen LogP contribution in [0.2, 0.25) is 0 Å². The van der Waals surface area contributed by atoms with Crippen molar-refractivity contribution in [1.29, 1.82) is 0 Å². The summed E-state index contributed by atoms with van der Waals surface area (Å²) in [6, 6.07) is 30.9. The molecule has 6 heteroatoms. The quantitative estimate of drug-likeness (QED) is 0.228. The van der Waals surface area contributed by atoms with E-state index in [9.17, 15) is 0 Å². The molecular formula is C31H24N2O4. The van der Waals surface area contributed by atoms with Crippen LogP contribution in [-0.4, -0.2) is 31.5 Å². The second-order valence-electron chi connectivity index (χ2n) is 8.60. The zero-order chi connectivity index (χ0) is 25.4. The minimum absolute atomic E-state index is 0.357. The molecule has 0 atom stereocenters. The Morgan fingerprint density at radius 3 is 1.70 bits per heavy atom. The van der Waals surface area contributed by atoms with Crippen LogP contribution < -0.4 is 14.2 Å². The molecule has 5 aromatic carbocycles. The van der Waals surface area contributed by atoms with Gasteiger partial charge in [-0.1, -0.05) is 60.7 Å². The number of hydrogen-bond acceptors (Lipinski definition) is 6. The summed E-state index contributed by atoms with van der Waals surface area (Å²) in [5, 5.41) is 13.4. The van der Waals surface area contributed by atoms with Crippen molar-refractivity contribution >= 4 is 21.5 Å². The molecule has 0 radical (unpaired) electrons. The van der Waals surface area contributed by atoms with Gasteiger partial charge in [-0.25, -0.2) is 0 Å². The first-order valence-corrected chi connectivity index (χ1v) is 11.9. The van der Waals surface area contributed by atoms with E-state index in [0.717, 1.165) is 11.1 Å². The predicted octanol–water partition coefficient (Wildman–Crippen LogP) is 7.40. The Hall–Kier alpha value is -4.84. The number of aromatic nitrogens is 2. The maximum atomic E-state index is 6.12. The number of rotatable bonds is 6. The Morgan fingerprint density at radius 1 is 0.541 bits per heavy atom. The summed E-state index contributed by atoms with van der Waals surface area (Å²) >= 11 is 0. The Labute approximate surface area is 214 Å². The summed E-state index contributed by atoms with van der Waals surface area (Å²) in [6.45, 7) is 0. The minimum Gasteiger partial charge on any atom is -0.493 e. The standard InChI is InChI=1S/C31H24N2O4/c1-34-26-17-23(18-27(35-2)29(26)36-3)31-33-32-30(37-31)22-12-8-11-21(16-22)28-24-13-6-4-9-19(24)15-20-10-5-7-14-25(20)28/h4-18H,1-3H3. The van der Waals surface area contributed by atoms with Crippen molar-refractivity contribution in [1.82, 2.24) is 10.2 Å². The van der Waals surface area contributed by atoms with Crippen molar-refractivity contribution in [3.63, 3.8) is 0 Å². The van der Waals surface area contributed by atoms with Gasteiger partial charge < -0.3 is 18.6 Å². The molecule has 6 nitrogen and oxygen atoms in total. The van der Waals surface area contributed by atoms with Crippen molar-refractivity contribution in [3.05, 3.63) is 91.0 Å². The number of nitrogens with zero attached hydrogens (tertiary/aromatic N) is 2. The average Bonchev–Trinajstić information content (AvgIpc) is 3.45. The molecule has 182 valence electrons. The topological polar surface area (TPSA) is 66.6 Å². The Kier molecular flexibility index (Phi) is 5.69. The maximum Gasteiger partial charge on any atom is 0.248 e. The molecule has 1 aromatic heterocycles. The van der Waals surface area contributed by atoms with E-state index in [4.69, 9.17) is 18.6 Å². The normalized spacial score (nSPS) is 11.1. The van der Waals surface area contributed by atoms with E-state index in [2.05, 4.69) is 76.9 Å². The third-order valence-corrected chi connectivity index (χ3v) is 6.51. The number of hydrogen-bond donors (Lipinski definition) is 0. The van der Waals surface area contributed by atoms with Gasteiger partial charge in [-0.15, -0.1) is 10.2 Å². The molecule has 0 spiro atoms. The molecular weight excluding hydrogens is 464 g/mol. The lowest BCUT2D eigenvalue weighted by molar-refractivity contribution is 0.324. The Bertz CT molecular complexity index is 1680. The summed E-state index contributed by atoms with van der Waals surface area (Å²) in [4.78, 5) is 0. The van der Waals surface area contributed by atoms with Gasteiger partial charge in [0.15, 0.2) is 11.5 Å². The first-order valence-electron chi connectivity index (χ1n) is 11.9. The first kappa shape index (κ1) is 22.6. The zero-order valence-corrected chi connectivity index (χ0v) is 20.7. The molecule has 0 aliphatic rings. The van der Waals surface area contributed by atoms with Crippen molar-refractivity contribution in [2.45, 2.75) is 0 Å². The lowest BCUT2D eigenvalue weighted by Gasteiger charge is -2.13. The van der Waals surface area contributed by atoms with E-state index >= 15 is 0 Å². The van der Waals surface area contributed by atoms with Crippen LogP contribution in [0.1, 0.15) is 0 Å². The predicted molar refractivity (Wildman–Crippen MR) is 145 cm³/mol. The molecule has 0 bridgehead atoms. The van der Waals surface area contributed by atoms with E-state index < -0.39 is 0 Å². The number of methoxy groups -OCH3 is 3. The number of fused-ring (bicyclic) bond motifs is 2. The maximum absolute atomic E-state index is 6.12. The van der Waals surface area contributed by atoms with E-state index in [1.54, 1.807) is 33.5 Å². The van der Waals surface area contributed by atoms with Crippen LogP contribution in [0, 0.1) is 0 Å². The Morgan fingerprint density at radius 2 is 1.11 bits per heavy atom. The molecule has 37 heavy (non-hydrogen) atoms. The van der Waals surface area contributed by atoms with Crippen molar-refractivity contribution in [3.8, 4) is 51.3 Å². The van der Waals surface area contributed by atoms with Crippen LogP contribution >= 0.6 is 0 Å².